The summed E-state index contributed by atoms with van der Waals surface area (Å²) in [4.78, 5) is 5.83. The van der Waals surface area contributed by atoms with E-state index < -0.39 is 0 Å². The molecule has 0 fully saturated rings. The van der Waals surface area contributed by atoms with Gasteiger partial charge in [0.15, 0.2) is 11.6 Å². The fourth-order valence-corrected chi connectivity index (χ4v) is 0.891. The normalized spacial score (nSPS) is 9.73. The van der Waals surface area contributed by atoms with Crippen LogP contribution in [0.15, 0.2) is 12.3 Å². The molecule has 0 aliphatic rings. The minimum atomic E-state index is 0.231. The standard InChI is InChI=1S/C8H12N2O/c1-6-4-7(11)8(9-5-6)10(2)3/h4-5,11H,1-3H3. The summed E-state index contributed by atoms with van der Waals surface area (Å²) in [7, 11) is 3.69. The first kappa shape index (κ1) is 7.85. The molecule has 11 heavy (non-hydrogen) atoms. The molecule has 60 valence electrons. The van der Waals surface area contributed by atoms with E-state index in [1.807, 2.05) is 21.0 Å². The number of nitrogens with zero attached hydrogens (tertiary/aromatic N) is 2. The third kappa shape index (κ3) is 1.61. The van der Waals surface area contributed by atoms with E-state index in [0.717, 1.165) is 5.56 Å². The molecule has 1 rings (SSSR count). The van der Waals surface area contributed by atoms with Crippen LogP contribution >= 0.6 is 0 Å². The number of aromatic hydroxyl groups is 1. The maximum absolute atomic E-state index is 9.36. The van der Waals surface area contributed by atoms with Crippen molar-refractivity contribution in [1.82, 2.24) is 4.98 Å². The molecule has 0 saturated carbocycles. The molecule has 0 atom stereocenters. The first-order valence-corrected chi connectivity index (χ1v) is 3.44. The van der Waals surface area contributed by atoms with E-state index in [0.29, 0.717) is 5.82 Å². The van der Waals surface area contributed by atoms with Crippen molar-refractivity contribution in [2.24, 2.45) is 0 Å². The lowest BCUT2D eigenvalue weighted by atomic mass is 10.3. The molecule has 0 aromatic carbocycles. The summed E-state index contributed by atoms with van der Waals surface area (Å²) < 4.78 is 0. The van der Waals surface area contributed by atoms with Crippen LogP contribution in [0.4, 0.5) is 5.82 Å². The molecule has 1 aromatic heterocycles. The van der Waals surface area contributed by atoms with Crippen LogP contribution in [0, 0.1) is 6.92 Å². The summed E-state index contributed by atoms with van der Waals surface area (Å²) in [5.41, 5.74) is 0.966. The van der Waals surface area contributed by atoms with Crippen molar-refractivity contribution >= 4 is 5.82 Å². The highest BCUT2D eigenvalue weighted by molar-refractivity contribution is 5.50. The molecule has 1 aromatic rings. The maximum atomic E-state index is 9.36. The van der Waals surface area contributed by atoms with Gasteiger partial charge in [0, 0.05) is 20.3 Å². The van der Waals surface area contributed by atoms with Gasteiger partial charge in [0.1, 0.15) is 0 Å². The van der Waals surface area contributed by atoms with E-state index >= 15 is 0 Å². The topological polar surface area (TPSA) is 36.4 Å². The Balaban J connectivity index is 3.09. The smallest absolute Gasteiger partial charge is 0.170 e. The Kier molecular flexibility index (Phi) is 1.98. The first-order chi connectivity index (χ1) is 5.11. The molecule has 0 radical (unpaired) electrons. The number of anilines is 1. The molecule has 0 saturated heterocycles. The Hall–Kier alpha value is -1.25. The monoisotopic (exact) mass is 152 g/mol. The molecule has 0 aliphatic heterocycles. The van der Waals surface area contributed by atoms with Gasteiger partial charge in [-0.05, 0) is 18.6 Å². The van der Waals surface area contributed by atoms with Crippen LogP contribution in [0.2, 0.25) is 0 Å². The van der Waals surface area contributed by atoms with Crippen molar-refractivity contribution in [2.45, 2.75) is 6.92 Å². The minimum Gasteiger partial charge on any atom is -0.504 e. The van der Waals surface area contributed by atoms with Crippen molar-refractivity contribution in [2.75, 3.05) is 19.0 Å². The van der Waals surface area contributed by atoms with E-state index in [4.69, 9.17) is 0 Å². The number of pyridine rings is 1. The van der Waals surface area contributed by atoms with Crippen LogP contribution in [0.25, 0.3) is 0 Å². The van der Waals surface area contributed by atoms with Crippen LogP contribution in [0.1, 0.15) is 5.56 Å². The zero-order chi connectivity index (χ0) is 8.43. The van der Waals surface area contributed by atoms with Gasteiger partial charge in [-0.3, -0.25) is 0 Å². The Morgan fingerprint density at radius 3 is 2.55 bits per heavy atom. The number of aromatic nitrogens is 1. The minimum absolute atomic E-state index is 0.231. The Labute approximate surface area is 66.3 Å². The highest BCUT2D eigenvalue weighted by Crippen LogP contribution is 2.22. The van der Waals surface area contributed by atoms with Crippen LogP contribution in [0.5, 0.6) is 5.75 Å². The van der Waals surface area contributed by atoms with Crippen molar-refractivity contribution < 1.29 is 5.11 Å². The van der Waals surface area contributed by atoms with Gasteiger partial charge in [-0.1, -0.05) is 0 Å². The lowest BCUT2D eigenvalue weighted by Gasteiger charge is -2.12. The Morgan fingerprint density at radius 2 is 2.09 bits per heavy atom. The quantitative estimate of drug-likeness (QED) is 0.656. The van der Waals surface area contributed by atoms with E-state index in [9.17, 15) is 5.11 Å². The van der Waals surface area contributed by atoms with E-state index in [1.54, 1.807) is 17.2 Å². The predicted molar refractivity (Wildman–Crippen MR) is 45.0 cm³/mol. The third-order valence-corrected chi connectivity index (χ3v) is 1.41. The van der Waals surface area contributed by atoms with Crippen molar-refractivity contribution in [1.29, 1.82) is 0 Å². The molecule has 0 amide bonds. The second-order valence-electron chi connectivity index (χ2n) is 2.75. The molecule has 3 heteroatoms. The zero-order valence-corrected chi connectivity index (χ0v) is 7.00. The SMILES string of the molecule is Cc1cnc(N(C)C)c(O)c1. The number of hydrogen-bond donors (Lipinski definition) is 1. The van der Waals surface area contributed by atoms with Gasteiger partial charge in [0.05, 0.1) is 0 Å². The Bertz CT molecular complexity index is 258. The first-order valence-electron chi connectivity index (χ1n) is 3.44. The van der Waals surface area contributed by atoms with E-state index in [1.165, 1.54) is 0 Å². The number of aryl methyl sites for hydroxylation is 1. The maximum Gasteiger partial charge on any atom is 0.170 e. The summed E-state index contributed by atoms with van der Waals surface area (Å²) in [6.07, 6.45) is 1.73. The number of hydrogen-bond acceptors (Lipinski definition) is 3. The lowest BCUT2D eigenvalue weighted by molar-refractivity contribution is 0.472. The molecule has 0 unspecified atom stereocenters. The summed E-state index contributed by atoms with van der Waals surface area (Å²) in [6.45, 7) is 1.90. The summed E-state index contributed by atoms with van der Waals surface area (Å²) >= 11 is 0. The highest BCUT2D eigenvalue weighted by atomic mass is 16.3. The molecular formula is C8H12N2O. The van der Waals surface area contributed by atoms with Crippen molar-refractivity contribution in [3.05, 3.63) is 17.8 Å². The largest absolute Gasteiger partial charge is 0.504 e. The average molecular weight is 152 g/mol. The van der Waals surface area contributed by atoms with Crippen LogP contribution in [0.3, 0.4) is 0 Å². The van der Waals surface area contributed by atoms with Gasteiger partial charge in [-0.25, -0.2) is 4.98 Å². The molecule has 1 N–H and O–H groups in total. The summed E-state index contributed by atoms with van der Waals surface area (Å²) in [5, 5.41) is 9.36. The highest BCUT2D eigenvalue weighted by Gasteiger charge is 2.03. The van der Waals surface area contributed by atoms with Gasteiger partial charge in [0.25, 0.3) is 0 Å². The predicted octanol–water partition coefficient (Wildman–Crippen LogP) is 1.16. The fraction of sp³-hybridized carbons (Fsp3) is 0.375. The van der Waals surface area contributed by atoms with Gasteiger partial charge >= 0.3 is 0 Å². The summed E-state index contributed by atoms with van der Waals surface area (Å²) in [6, 6.07) is 1.70. The molecule has 0 aliphatic carbocycles. The van der Waals surface area contributed by atoms with Gasteiger partial charge in [-0.2, -0.15) is 0 Å². The molecule has 1 heterocycles. The third-order valence-electron chi connectivity index (χ3n) is 1.41. The van der Waals surface area contributed by atoms with Crippen molar-refractivity contribution in [3.63, 3.8) is 0 Å². The van der Waals surface area contributed by atoms with Gasteiger partial charge in [-0.15, -0.1) is 0 Å². The molecule has 0 spiro atoms. The lowest BCUT2D eigenvalue weighted by Crippen LogP contribution is -2.10. The Morgan fingerprint density at radius 1 is 1.45 bits per heavy atom. The van der Waals surface area contributed by atoms with Crippen LogP contribution < -0.4 is 4.90 Å². The summed E-state index contributed by atoms with van der Waals surface area (Å²) in [5.74, 6) is 0.839. The molecule has 0 bridgehead atoms. The van der Waals surface area contributed by atoms with Crippen LogP contribution in [-0.2, 0) is 0 Å². The average Bonchev–Trinajstić information content (AvgIpc) is 1.85. The fourth-order valence-electron chi connectivity index (χ4n) is 0.891. The van der Waals surface area contributed by atoms with Gasteiger partial charge in [0.2, 0.25) is 0 Å². The van der Waals surface area contributed by atoms with Crippen LogP contribution in [-0.4, -0.2) is 24.2 Å². The second kappa shape index (κ2) is 2.78. The zero-order valence-electron chi connectivity index (χ0n) is 7.00. The second-order valence-corrected chi connectivity index (χ2v) is 2.75. The number of rotatable bonds is 1. The van der Waals surface area contributed by atoms with E-state index in [2.05, 4.69) is 4.98 Å². The molecular weight excluding hydrogens is 140 g/mol. The molecule has 3 nitrogen and oxygen atoms in total. The van der Waals surface area contributed by atoms with Gasteiger partial charge < -0.3 is 10.0 Å². The van der Waals surface area contributed by atoms with E-state index in [-0.39, 0.29) is 5.75 Å². The van der Waals surface area contributed by atoms with Crippen molar-refractivity contribution in [3.8, 4) is 5.75 Å².